The molecule has 6 heteroatoms. The highest BCUT2D eigenvalue weighted by Gasteiger charge is 2.22. The number of hydrogen-bond donors (Lipinski definition) is 0. The van der Waals surface area contributed by atoms with Crippen molar-refractivity contribution in [3.05, 3.63) is 16.2 Å². The molecule has 3 heterocycles. The topological polar surface area (TPSA) is 38.2 Å². The summed E-state index contributed by atoms with van der Waals surface area (Å²) >= 11 is 7.82. The van der Waals surface area contributed by atoms with Crippen LogP contribution in [0, 0.1) is 0 Å². The molecular weight excluding hydrogens is 306 g/mol. The first-order valence-electron chi connectivity index (χ1n) is 7.53. The van der Waals surface area contributed by atoms with Gasteiger partial charge in [-0.2, -0.15) is 4.98 Å². The van der Waals surface area contributed by atoms with Gasteiger partial charge in [0.25, 0.3) is 0 Å². The molecule has 3 rings (SSSR count). The molecule has 2 aromatic heterocycles. The van der Waals surface area contributed by atoms with Crippen LogP contribution in [0.1, 0.15) is 31.6 Å². The van der Waals surface area contributed by atoms with Crippen molar-refractivity contribution in [2.24, 2.45) is 0 Å². The van der Waals surface area contributed by atoms with Crippen LogP contribution in [-0.4, -0.2) is 35.8 Å². The average molecular weight is 326 g/mol. The lowest BCUT2D eigenvalue weighted by Crippen LogP contribution is -2.32. The van der Waals surface area contributed by atoms with Crippen molar-refractivity contribution in [1.29, 1.82) is 0 Å². The second-order valence-electron chi connectivity index (χ2n) is 5.28. The Morgan fingerprint density at radius 2 is 2.29 bits per heavy atom. The predicted molar refractivity (Wildman–Crippen MR) is 88.7 cm³/mol. The Morgan fingerprint density at radius 1 is 1.43 bits per heavy atom. The van der Waals surface area contributed by atoms with Gasteiger partial charge in [-0.05, 0) is 43.9 Å². The lowest BCUT2D eigenvalue weighted by atomic mass is 10.2. The van der Waals surface area contributed by atoms with E-state index in [4.69, 9.17) is 16.3 Å². The lowest BCUT2D eigenvalue weighted by Gasteiger charge is -2.25. The molecule has 0 saturated carbocycles. The molecule has 0 aromatic carbocycles. The SMILES string of the molecule is CCc1cc2c(N(CC)CC3CCCO3)nc(Cl)nc2s1. The zero-order chi connectivity index (χ0) is 14.8. The van der Waals surface area contributed by atoms with Crippen molar-refractivity contribution in [2.75, 3.05) is 24.6 Å². The maximum atomic E-state index is 6.12. The summed E-state index contributed by atoms with van der Waals surface area (Å²) in [5.74, 6) is 0.943. The summed E-state index contributed by atoms with van der Waals surface area (Å²) < 4.78 is 5.76. The minimum Gasteiger partial charge on any atom is -0.376 e. The molecule has 1 atom stereocenters. The maximum absolute atomic E-state index is 6.12. The number of thiophene rings is 1. The molecule has 0 amide bonds. The number of hydrogen-bond acceptors (Lipinski definition) is 5. The molecule has 0 bridgehead atoms. The molecule has 1 fully saturated rings. The van der Waals surface area contributed by atoms with Gasteiger partial charge in [0.2, 0.25) is 5.28 Å². The van der Waals surface area contributed by atoms with E-state index >= 15 is 0 Å². The van der Waals surface area contributed by atoms with Gasteiger partial charge < -0.3 is 9.64 Å². The minimum absolute atomic E-state index is 0.304. The van der Waals surface area contributed by atoms with E-state index in [0.717, 1.165) is 55.0 Å². The number of ether oxygens (including phenoxy) is 1. The van der Waals surface area contributed by atoms with Gasteiger partial charge in [-0.25, -0.2) is 4.98 Å². The van der Waals surface area contributed by atoms with Gasteiger partial charge in [-0.1, -0.05) is 6.92 Å². The maximum Gasteiger partial charge on any atom is 0.225 e. The average Bonchev–Trinajstić information content (AvgIpc) is 3.12. The van der Waals surface area contributed by atoms with E-state index in [9.17, 15) is 0 Å². The molecular formula is C15H20ClN3OS. The Morgan fingerprint density at radius 3 is 2.95 bits per heavy atom. The van der Waals surface area contributed by atoms with Gasteiger partial charge in [-0.15, -0.1) is 11.3 Å². The van der Waals surface area contributed by atoms with Crippen LogP contribution in [-0.2, 0) is 11.2 Å². The van der Waals surface area contributed by atoms with Gasteiger partial charge in [0.15, 0.2) is 0 Å². The summed E-state index contributed by atoms with van der Waals surface area (Å²) in [7, 11) is 0. The van der Waals surface area contributed by atoms with E-state index in [2.05, 4.69) is 34.8 Å². The number of likely N-dealkylation sites (N-methyl/N-ethyl adjacent to an activating group) is 1. The molecule has 0 aliphatic carbocycles. The Bertz CT molecular complexity index is 625. The molecule has 1 unspecified atom stereocenters. The second-order valence-corrected chi connectivity index (χ2v) is 6.73. The van der Waals surface area contributed by atoms with Crippen LogP contribution in [0.4, 0.5) is 5.82 Å². The Kier molecular flexibility index (Phi) is 4.62. The molecule has 1 saturated heterocycles. The van der Waals surface area contributed by atoms with Crippen LogP contribution in [0.2, 0.25) is 5.28 Å². The summed E-state index contributed by atoms with van der Waals surface area (Å²) in [6, 6.07) is 2.20. The third kappa shape index (κ3) is 3.15. The summed E-state index contributed by atoms with van der Waals surface area (Å²) in [5.41, 5.74) is 0. The Labute approximate surface area is 134 Å². The third-order valence-corrected chi connectivity index (χ3v) is 5.22. The van der Waals surface area contributed by atoms with Gasteiger partial charge in [0.05, 0.1) is 11.5 Å². The summed E-state index contributed by atoms with van der Waals surface area (Å²) in [6.07, 6.45) is 3.59. The molecule has 2 aromatic rings. The smallest absolute Gasteiger partial charge is 0.225 e. The number of nitrogens with zero attached hydrogens (tertiary/aromatic N) is 3. The molecule has 0 radical (unpaired) electrons. The first kappa shape index (κ1) is 15.0. The first-order valence-corrected chi connectivity index (χ1v) is 8.73. The van der Waals surface area contributed by atoms with Crippen LogP contribution >= 0.6 is 22.9 Å². The van der Waals surface area contributed by atoms with Crippen LogP contribution in [0.5, 0.6) is 0 Å². The highest BCUT2D eigenvalue weighted by Crippen LogP contribution is 2.32. The number of rotatable bonds is 5. The van der Waals surface area contributed by atoms with Gasteiger partial charge in [-0.3, -0.25) is 0 Å². The van der Waals surface area contributed by atoms with Gasteiger partial charge in [0.1, 0.15) is 10.6 Å². The molecule has 0 N–H and O–H groups in total. The van der Waals surface area contributed by atoms with Crippen molar-refractivity contribution in [3.63, 3.8) is 0 Å². The standard InChI is InChI=1S/C15H20ClN3OS/c1-3-11-8-12-13(17-15(16)18-14(12)21-11)19(4-2)9-10-6-5-7-20-10/h8,10H,3-7,9H2,1-2H3. The number of fused-ring (bicyclic) bond motifs is 1. The number of anilines is 1. The third-order valence-electron chi connectivity index (χ3n) is 3.87. The van der Waals surface area contributed by atoms with Crippen molar-refractivity contribution >= 4 is 39.0 Å². The highest BCUT2D eigenvalue weighted by molar-refractivity contribution is 7.18. The first-order chi connectivity index (χ1) is 10.2. The zero-order valence-electron chi connectivity index (χ0n) is 12.4. The molecule has 1 aliphatic rings. The fourth-order valence-corrected chi connectivity index (χ4v) is 3.92. The largest absolute Gasteiger partial charge is 0.376 e. The molecule has 4 nitrogen and oxygen atoms in total. The Balaban J connectivity index is 1.97. The van der Waals surface area contributed by atoms with Crippen LogP contribution in [0.3, 0.4) is 0 Å². The van der Waals surface area contributed by atoms with E-state index in [1.165, 1.54) is 4.88 Å². The zero-order valence-corrected chi connectivity index (χ0v) is 14.0. The molecule has 21 heavy (non-hydrogen) atoms. The van der Waals surface area contributed by atoms with E-state index in [-0.39, 0.29) is 0 Å². The van der Waals surface area contributed by atoms with E-state index in [1.807, 2.05) is 0 Å². The Hall–Kier alpha value is -0.910. The monoisotopic (exact) mass is 325 g/mol. The molecule has 0 spiro atoms. The lowest BCUT2D eigenvalue weighted by molar-refractivity contribution is 0.115. The van der Waals surface area contributed by atoms with E-state index in [1.54, 1.807) is 11.3 Å². The number of halogens is 1. The van der Waals surface area contributed by atoms with Gasteiger partial charge in [0, 0.05) is 24.6 Å². The highest BCUT2D eigenvalue weighted by atomic mass is 35.5. The molecule has 114 valence electrons. The number of aromatic nitrogens is 2. The van der Waals surface area contributed by atoms with Crippen molar-refractivity contribution in [2.45, 2.75) is 39.2 Å². The fraction of sp³-hybridized carbons (Fsp3) is 0.600. The van der Waals surface area contributed by atoms with Crippen LogP contribution in [0.25, 0.3) is 10.2 Å². The molecule has 1 aliphatic heterocycles. The van der Waals surface area contributed by atoms with E-state index in [0.29, 0.717) is 11.4 Å². The second kappa shape index (κ2) is 6.46. The van der Waals surface area contributed by atoms with E-state index < -0.39 is 0 Å². The summed E-state index contributed by atoms with van der Waals surface area (Å²) in [4.78, 5) is 13.4. The predicted octanol–water partition coefficient (Wildman–Crippen LogP) is 3.91. The number of aryl methyl sites for hydroxylation is 1. The summed E-state index contributed by atoms with van der Waals surface area (Å²) in [5, 5.41) is 1.44. The summed E-state index contributed by atoms with van der Waals surface area (Å²) in [6.45, 7) is 6.93. The van der Waals surface area contributed by atoms with Crippen molar-refractivity contribution < 1.29 is 4.74 Å². The normalized spacial score (nSPS) is 18.5. The van der Waals surface area contributed by atoms with Crippen LogP contribution in [0.15, 0.2) is 6.07 Å². The van der Waals surface area contributed by atoms with Gasteiger partial charge >= 0.3 is 0 Å². The van der Waals surface area contributed by atoms with Crippen molar-refractivity contribution in [1.82, 2.24) is 9.97 Å². The van der Waals surface area contributed by atoms with Crippen molar-refractivity contribution in [3.8, 4) is 0 Å². The minimum atomic E-state index is 0.304. The fourth-order valence-electron chi connectivity index (χ4n) is 2.75. The quantitative estimate of drug-likeness (QED) is 0.781. The van der Waals surface area contributed by atoms with Crippen LogP contribution < -0.4 is 4.90 Å².